The number of hydrogen-bond acceptors (Lipinski definition) is 3. The topological polar surface area (TPSA) is 44.5 Å². The number of rotatable bonds is 9. The van der Waals surface area contributed by atoms with Crippen LogP contribution in [0.5, 0.6) is 0 Å². The molecule has 0 saturated carbocycles. The molecule has 0 aliphatic heterocycles. The molecule has 0 atom stereocenters. The van der Waals surface area contributed by atoms with Gasteiger partial charge in [0.15, 0.2) is 5.69 Å². The summed E-state index contributed by atoms with van der Waals surface area (Å²) in [5.74, 6) is 0. The Labute approximate surface area is 429 Å². The molecule has 0 aliphatic carbocycles. The molecular formula is C68H46N6. The molecule has 6 nitrogen and oxygen atoms in total. The van der Waals surface area contributed by atoms with Gasteiger partial charge in [0.25, 0.3) is 0 Å². The van der Waals surface area contributed by atoms with Crippen LogP contribution in [-0.2, 0) is 0 Å². The summed E-state index contributed by atoms with van der Waals surface area (Å²) in [5, 5.41) is 16.5. The predicted molar refractivity (Wildman–Crippen MR) is 308 cm³/mol. The van der Waals surface area contributed by atoms with Gasteiger partial charge in [0.2, 0.25) is 0 Å². The largest absolute Gasteiger partial charge is 0.310 e. The van der Waals surface area contributed by atoms with Crippen LogP contribution in [0.3, 0.4) is 0 Å². The second-order valence-corrected chi connectivity index (χ2v) is 19.0. The van der Waals surface area contributed by atoms with Gasteiger partial charge in [-0.05, 0) is 158 Å². The summed E-state index contributed by atoms with van der Waals surface area (Å²) in [5.41, 5.74) is 18.8. The average Bonchev–Trinajstić information content (AvgIpc) is 3.97. The van der Waals surface area contributed by atoms with Crippen LogP contribution in [-0.4, -0.2) is 9.13 Å². The lowest BCUT2D eigenvalue weighted by Crippen LogP contribution is -2.11. The van der Waals surface area contributed by atoms with Gasteiger partial charge < -0.3 is 18.9 Å². The molecule has 11 aromatic carbocycles. The van der Waals surface area contributed by atoms with E-state index in [4.69, 9.17) is 6.57 Å². The van der Waals surface area contributed by atoms with Gasteiger partial charge in [-0.2, -0.15) is 5.26 Å². The van der Waals surface area contributed by atoms with E-state index in [0.29, 0.717) is 11.3 Å². The lowest BCUT2D eigenvalue weighted by molar-refractivity contribution is 1.18. The summed E-state index contributed by atoms with van der Waals surface area (Å²) >= 11 is 0. The first-order valence-electron chi connectivity index (χ1n) is 24.8. The van der Waals surface area contributed by atoms with Gasteiger partial charge >= 0.3 is 0 Å². The van der Waals surface area contributed by atoms with Crippen molar-refractivity contribution in [1.82, 2.24) is 9.13 Å². The summed E-state index contributed by atoms with van der Waals surface area (Å²) in [4.78, 5) is 8.38. The first-order valence-corrected chi connectivity index (χ1v) is 24.8. The number of para-hydroxylation sites is 2. The molecule has 0 unspecified atom stereocenters. The van der Waals surface area contributed by atoms with Crippen molar-refractivity contribution >= 4 is 94.2 Å². The normalized spacial score (nSPS) is 11.4. The van der Waals surface area contributed by atoms with Gasteiger partial charge in [0.1, 0.15) is 0 Å². The maximum atomic E-state index is 9.52. The van der Waals surface area contributed by atoms with Crippen molar-refractivity contribution in [2.45, 2.75) is 13.8 Å². The Bertz CT molecular complexity index is 4380. The standard InChI is InChI=1S/C68H46N6/c1-45-16-26-50(27-17-45)71(55-36-39-67-62(42-55)60-12-6-8-14-64(60)73(67)53-30-20-47(44-69)21-31-53)51-32-22-48(23-33-51)57-38-41-66(59-11-5-4-10-58(57)59)72(52-28-18-46(2)19-29-52)56-37-40-68-63(43-56)61-13-7-9-15-65(61)74(68)54-34-24-49(70-3)25-35-54/h4-43H,1-2H3. The fourth-order valence-corrected chi connectivity index (χ4v) is 10.9. The molecule has 74 heavy (non-hydrogen) atoms. The van der Waals surface area contributed by atoms with Crippen LogP contribution >= 0.6 is 0 Å². The monoisotopic (exact) mass is 946 g/mol. The lowest BCUT2D eigenvalue weighted by atomic mass is 9.96. The van der Waals surface area contributed by atoms with Gasteiger partial charge in [-0.15, -0.1) is 0 Å². The molecule has 2 heterocycles. The van der Waals surface area contributed by atoms with Gasteiger partial charge in [-0.25, -0.2) is 4.85 Å². The third kappa shape index (κ3) is 7.41. The van der Waals surface area contributed by atoms with Crippen LogP contribution in [0.1, 0.15) is 16.7 Å². The van der Waals surface area contributed by atoms with Crippen molar-refractivity contribution in [2.24, 2.45) is 0 Å². The van der Waals surface area contributed by atoms with E-state index < -0.39 is 0 Å². The molecule has 0 saturated heterocycles. The fourth-order valence-electron chi connectivity index (χ4n) is 10.9. The molecule has 13 aromatic rings. The summed E-state index contributed by atoms with van der Waals surface area (Å²) in [6, 6.07) is 88.5. The second kappa shape index (κ2) is 17.9. The minimum Gasteiger partial charge on any atom is -0.310 e. The number of aromatic nitrogens is 2. The highest BCUT2D eigenvalue weighted by Gasteiger charge is 2.22. The molecule has 0 aliphatic rings. The molecule has 6 heteroatoms. The van der Waals surface area contributed by atoms with E-state index in [9.17, 15) is 5.26 Å². The Balaban J connectivity index is 0.914. The van der Waals surface area contributed by atoms with Crippen LogP contribution in [0.15, 0.2) is 243 Å². The van der Waals surface area contributed by atoms with E-state index in [1.807, 2.05) is 48.5 Å². The zero-order chi connectivity index (χ0) is 49.9. The van der Waals surface area contributed by atoms with E-state index in [1.54, 1.807) is 0 Å². The van der Waals surface area contributed by atoms with E-state index in [2.05, 4.69) is 238 Å². The minimum atomic E-state index is 0.624. The third-order valence-corrected chi connectivity index (χ3v) is 14.5. The lowest BCUT2D eigenvalue weighted by Gasteiger charge is -2.28. The Morgan fingerprint density at radius 2 is 0.824 bits per heavy atom. The first-order chi connectivity index (χ1) is 36.4. The van der Waals surface area contributed by atoms with E-state index in [1.165, 1.54) is 16.5 Å². The van der Waals surface area contributed by atoms with Crippen molar-refractivity contribution < 1.29 is 0 Å². The summed E-state index contributed by atoms with van der Waals surface area (Å²) < 4.78 is 4.58. The third-order valence-electron chi connectivity index (χ3n) is 14.5. The molecular weight excluding hydrogens is 901 g/mol. The molecule has 2 aromatic heterocycles. The summed E-state index contributed by atoms with van der Waals surface area (Å²) in [6.45, 7) is 11.8. The van der Waals surface area contributed by atoms with Crippen molar-refractivity contribution in [2.75, 3.05) is 9.80 Å². The highest BCUT2D eigenvalue weighted by Crippen LogP contribution is 2.46. The van der Waals surface area contributed by atoms with Gasteiger partial charge in [-0.3, -0.25) is 0 Å². The van der Waals surface area contributed by atoms with Crippen LogP contribution in [0.25, 0.3) is 81.7 Å². The smallest absolute Gasteiger partial charge is 0.187 e. The highest BCUT2D eigenvalue weighted by molar-refractivity contribution is 6.13. The molecule has 0 N–H and O–H groups in total. The van der Waals surface area contributed by atoms with E-state index in [-0.39, 0.29) is 0 Å². The Hall–Kier alpha value is -10.1. The summed E-state index contributed by atoms with van der Waals surface area (Å²) in [7, 11) is 0. The van der Waals surface area contributed by atoms with Crippen LogP contribution in [0.4, 0.5) is 39.8 Å². The average molecular weight is 947 g/mol. The molecule has 0 fully saturated rings. The number of fused-ring (bicyclic) bond motifs is 7. The molecule has 0 amide bonds. The Morgan fingerprint density at radius 1 is 0.392 bits per heavy atom. The van der Waals surface area contributed by atoms with Gasteiger partial charge in [0.05, 0.1) is 46.0 Å². The number of hydrogen-bond donors (Lipinski definition) is 0. The molecule has 13 rings (SSSR count). The Morgan fingerprint density at radius 3 is 1.35 bits per heavy atom. The van der Waals surface area contributed by atoms with E-state index >= 15 is 0 Å². The fraction of sp³-hybridized carbons (Fsp3) is 0.0294. The van der Waals surface area contributed by atoms with Gasteiger partial charge in [0, 0.05) is 66.7 Å². The Kier molecular flexibility index (Phi) is 10.6. The predicted octanol–water partition coefficient (Wildman–Crippen LogP) is 18.7. The van der Waals surface area contributed by atoms with Crippen molar-refractivity contribution in [3.8, 4) is 28.6 Å². The quantitative estimate of drug-likeness (QED) is 0.135. The maximum Gasteiger partial charge on any atom is 0.187 e. The molecule has 0 bridgehead atoms. The minimum absolute atomic E-state index is 0.624. The van der Waals surface area contributed by atoms with Crippen LogP contribution < -0.4 is 9.80 Å². The molecule has 0 spiro atoms. The number of nitrogens with zero attached hydrogens (tertiary/aromatic N) is 6. The van der Waals surface area contributed by atoms with Crippen molar-refractivity contribution in [3.63, 3.8) is 0 Å². The van der Waals surface area contributed by atoms with Crippen molar-refractivity contribution in [3.05, 3.63) is 271 Å². The van der Waals surface area contributed by atoms with E-state index in [0.717, 1.165) is 106 Å². The SMILES string of the molecule is [C-]#[N+]c1ccc(-n2c3ccccc3c3cc(N(c4ccc(C)cc4)c4ccc(-c5ccc(N(c6ccc(C)cc6)c6ccc7c(c6)c6ccccc6n7-c6ccc(C#N)cc6)cc5)c5ccccc45)ccc32)cc1. The number of aryl methyl sites for hydroxylation is 2. The number of anilines is 6. The van der Waals surface area contributed by atoms with Crippen LogP contribution in [0, 0.1) is 31.8 Å². The van der Waals surface area contributed by atoms with Crippen LogP contribution in [0.2, 0.25) is 0 Å². The number of benzene rings is 11. The first kappa shape index (κ1) is 43.8. The van der Waals surface area contributed by atoms with Gasteiger partial charge in [-0.1, -0.05) is 126 Å². The highest BCUT2D eigenvalue weighted by atomic mass is 15.2. The zero-order valence-electron chi connectivity index (χ0n) is 40.8. The molecule has 0 radical (unpaired) electrons. The maximum absolute atomic E-state index is 9.52. The number of nitriles is 1. The summed E-state index contributed by atoms with van der Waals surface area (Å²) in [6.07, 6.45) is 0. The molecule has 348 valence electrons. The zero-order valence-corrected chi connectivity index (χ0v) is 40.8. The second-order valence-electron chi connectivity index (χ2n) is 19.0. The van der Waals surface area contributed by atoms with Crippen molar-refractivity contribution in [1.29, 1.82) is 5.26 Å².